The highest BCUT2D eigenvalue weighted by atomic mass is 35.5. The number of thioether (sulfide) groups is 1. The van der Waals surface area contributed by atoms with Gasteiger partial charge in [-0.25, -0.2) is 4.98 Å². The number of anilines is 2. The van der Waals surface area contributed by atoms with Crippen molar-refractivity contribution in [2.45, 2.75) is 25.7 Å². The van der Waals surface area contributed by atoms with Gasteiger partial charge in [-0.3, -0.25) is 0 Å². The number of hydrogen-bond acceptors (Lipinski definition) is 4. The molecule has 6 heteroatoms. The predicted molar refractivity (Wildman–Crippen MR) is 89.1 cm³/mol. The van der Waals surface area contributed by atoms with Crippen molar-refractivity contribution in [2.24, 2.45) is 0 Å². The first-order valence-corrected chi connectivity index (χ1v) is 8.60. The summed E-state index contributed by atoms with van der Waals surface area (Å²) in [6.07, 6.45) is 7.09. The number of hydrogen-bond donors (Lipinski definition) is 2. The van der Waals surface area contributed by atoms with Crippen molar-refractivity contribution in [1.29, 1.82) is 0 Å². The van der Waals surface area contributed by atoms with Crippen molar-refractivity contribution in [3.8, 4) is 0 Å². The van der Waals surface area contributed by atoms with E-state index in [1.807, 2.05) is 11.8 Å². The van der Waals surface area contributed by atoms with Gasteiger partial charge >= 0.3 is 0 Å². The molecule has 1 rings (SSSR count). The zero-order valence-corrected chi connectivity index (χ0v) is 13.8. The molecule has 0 saturated heterocycles. The smallest absolute Gasteiger partial charge is 0.147 e. The average molecular weight is 322 g/mol. The first-order valence-electron chi connectivity index (χ1n) is 6.45. The zero-order valence-electron chi connectivity index (χ0n) is 11.4. The molecule has 0 fully saturated rings. The van der Waals surface area contributed by atoms with E-state index < -0.39 is 0 Å². The third-order valence-electron chi connectivity index (χ3n) is 2.73. The van der Waals surface area contributed by atoms with E-state index in [2.05, 4.69) is 21.9 Å². The summed E-state index contributed by atoms with van der Waals surface area (Å²) in [6.45, 7) is 0.886. The SMILES string of the molecule is CNc1nc(NCCCCCCSC)c(Cl)cc1Cl. The molecule has 0 aromatic carbocycles. The fourth-order valence-corrected chi connectivity index (χ4v) is 2.71. The Morgan fingerprint density at radius 2 is 1.79 bits per heavy atom. The fraction of sp³-hybridized carbons (Fsp3) is 0.615. The summed E-state index contributed by atoms with van der Waals surface area (Å²) in [5.74, 6) is 2.59. The fourth-order valence-electron chi connectivity index (χ4n) is 1.70. The molecule has 0 saturated carbocycles. The highest BCUT2D eigenvalue weighted by molar-refractivity contribution is 7.98. The molecule has 0 bridgehead atoms. The van der Waals surface area contributed by atoms with Crippen LogP contribution in [0.25, 0.3) is 0 Å². The topological polar surface area (TPSA) is 37.0 Å². The Morgan fingerprint density at radius 3 is 2.47 bits per heavy atom. The Bertz CT molecular complexity index is 388. The predicted octanol–water partition coefficient (Wildman–Crippen LogP) is 4.77. The van der Waals surface area contributed by atoms with Crippen LogP contribution < -0.4 is 10.6 Å². The molecule has 0 aliphatic heterocycles. The lowest BCUT2D eigenvalue weighted by atomic mass is 10.2. The number of nitrogens with zero attached hydrogens (tertiary/aromatic N) is 1. The molecule has 0 aliphatic carbocycles. The van der Waals surface area contributed by atoms with Gasteiger partial charge in [-0.2, -0.15) is 11.8 Å². The minimum absolute atomic E-state index is 0.537. The lowest BCUT2D eigenvalue weighted by Gasteiger charge is -2.10. The van der Waals surface area contributed by atoms with Crippen LogP contribution in [-0.4, -0.2) is 30.6 Å². The summed E-state index contributed by atoms with van der Waals surface area (Å²) in [5, 5.41) is 7.30. The lowest BCUT2D eigenvalue weighted by Crippen LogP contribution is -2.05. The average Bonchev–Trinajstić information content (AvgIpc) is 2.40. The largest absolute Gasteiger partial charge is 0.372 e. The quantitative estimate of drug-likeness (QED) is 0.642. The van der Waals surface area contributed by atoms with Gasteiger partial charge in [-0.15, -0.1) is 0 Å². The van der Waals surface area contributed by atoms with Crippen molar-refractivity contribution in [3.63, 3.8) is 0 Å². The molecule has 3 nitrogen and oxygen atoms in total. The zero-order chi connectivity index (χ0) is 14.1. The summed E-state index contributed by atoms with van der Waals surface area (Å²) in [5.41, 5.74) is 0. The van der Waals surface area contributed by atoms with Gasteiger partial charge in [0.1, 0.15) is 11.6 Å². The van der Waals surface area contributed by atoms with Crippen LogP contribution in [0.4, 0.5) is 11.6 Å². The van der Waals surface area contributed by atoms with E-state index in [9.17, 15) is 0 Å². The molecule has 19 heavy (non-hydrogen) atoms. The van der Waals surface area contributed by atoms with Crippen LogP contribution in [0.2, 0.25) is 10.0 Å². The van der Waals surface area contributed by atoms with Crippen molar-refractivity contribution >= 4 is 46.6 Å². The molecule has 0 spiro atoms. The van der Waals surface area contributed by atoms with Crippen LogP contribution in [-0.2, 0) is 0 Å². The minimum Gasteiger partial charge on any atom is -0.372 e. The number of unbranched alkanes of at least 4 members (excludes halogenated alkanes) is 3. The van der Waals surface area contributed by atoms with Crippen LogP contribution in [0.1, 0.15) is 25.7 Å². The van der Waals surface area contributed by atoms with Crippen molar-refractivity contribution in [3.05, 3.63) is 16.1 Å². The molecular formula is C13H21Cl2N3S. The molecule has 1 heterocycles. The normalized spacial score (nSPS) is 10.5. The molecule has 0 amide bonds. The Morgan fingerprint density at radius 1 is 1.11 bits per heavy atom. The summed E-state index contributed by atoms with van der Waals surface area (Å²) in [6, 6.07) is 1.71. The second-order valence-corrected chi connectivity index (χ2v) is 6.03. The van der Waals surface area contributed by atoms with E-state index in [0.29, 0.717) is 21.7 Å². The highest BCUT2D eigenvalue weighted by Gasteiger charge is 2.07. The maximum Gasteiger partial charge on any atom is 0.147 e. The van der Waals surface area contributed by atoms with Gasteiger partial charge in [-0.05, 0) is 30.9 Å². The molecule has 0 radical (unpaired) electrons. The molecule has 1 aromatic heterocycles. The summed E-state index contributed by atoms with van der Waals surface area (Å²) in [4.78, 5) is 4.35. The van der Waals surface area contributed by atoms with Crippen molar-refractivity contribution < 1.29 is 0 Å². The number of aromatic nitrogens is 1. The Balaban J connectivity index is 2.33. The van der Waals surface area contributed by atoms with Gasteiger partial charge in [-0.1, -0.05) is 36.0 Å². The van der Waals surface area contributed by atoms with Crippen LogP contribution in [0, 0.1) is 0 Å². The van der Waals surface area contributed by atoms with Crippen LogP contribution in [0.15, 0.2) is 6.07 Å². The Hall–Kier alpha value is -0.320. The van der Waals surface area contributed by atoms with E-state index in [0.717, 1.165) is 13.0 Å². The van der Waals surface area contributed by atoms with Gasteiger partial charge in [0.05, 0.1) is 10.0 Å². The van der Waals surface area contributed by atoms with E-state index in [1.54, 1.807) is 13.1 Å². The van der Waals surface area contributed by atoms with E-state index in [1.165, 1.54) is 25.0 Å². The van der Waals surface area contributed by atoms with Crippen molar-refractivity contribution in [1.82, 2.24) is 4.98 Å². The standard InChI is InChI=1S/C13H21Cl2N3S/c1-16-12-10(14)9-11(15)13(18-12)17-7-5-3-4-6-8-19-2/h9H,3-8H2,1-2H3,(H2,16,17,18). The molecule has 0 aliphatic rings. The molecule has 108 valence electrons. The molecule has 2 N–H and O–H groups in total. The van der Waals surface area contributed by atoms with Gasteiger partial charge < -0.3 is 10.6 Å². The lowest BCUT2D eigenvalue weighted by molar-refractivity contribution is 0.688. The minimum atomic E-state index is 0.537. The number of pyridine rings is 1. The van der Waals surface area contributed by atoms with Crippen LogP contribution in [0.5, 0.6) is 0 Å². The maximum absolute atomic E-state index is 6.10. The van der Waals surface area contributed by atoms with Gasteiger partial charge in [0, 0.05) is 13.6 Å². The maximum atomic E-state index is 6.10. The third kappa shape index (κ3) is 6.11. The first kappa shape index (κ1) is 16.7. The van der Waals surface area contributed by atoms with E-state index >= 15 is 0 Å². The number of rotatable bonds is 9. The number of nitrogens with one attached hydrogen (secondary N) is 2. The van der Waals surface area contributed by atoms with Crippen LogP contribution >= 0.6 is 35.0 Å². The van der Waals surface area contributed by atoms with E-state index in [4.69, 9.17) is 23.2 Å². The second-order valence-electron chi connectivity index (χ2n) is 4.23. The third-order valence-corrected chi connectivity index (χ3v) is 4.01. The summed E-state index contributed by atoms with van der Waals surface area (Å²) < 4.78 is 0. The summed E-state index contributed by atoms with van der Waals surface area (Å²) >= 11 is 14.0. The Labute approximate surface area is 129 Å². The van der Waals surface area contributed by atoms with Crippen LogP contribution in [0.3, 0.4) is 0 Å². The monoisotopic (exact) mass is 321 g/mol. The van der Waals surface area contributed by atoms with Crippen molar-refractivity contribution in [2.75, 3.05) is 36.2 Å². The molecule has 1 aromatic rings. The molecule has 0 atom stereocenters. The molecular weight excluding hydrogens is 301 g/mol. The highest BCUT2D eigenvalue weighted by Crippen LogP contribution is 2.28. The summed E-state index contributed by atoms with van der Waals surface area (Å²) in [7, 11) is 1.79. The Kier molecular flexibility index (Phi) is 8.42. The number of halogens is 2. The van der Waals surface area contributed by atoms with Gasteiger partial charge in [0.25, 0.3) is 0 Å². The second kappa shape index (κ2) is 9.56. The molecule has 0 unspecified atom stereocenters. The van der Waals surface area contributed by atoms with Gasteiger partial charge in [0.15, 0.2) is 0 Å². The van der Waals surface area contributed by atoms with E-state index in [-0.39, 0.29) is 0 Å². The van der Waals surface area contributed by atoms with Gasteiger partial charge in [0.2, 0.25) is 0 Å². The first-order chi connectivity index (χ1) is 9.19.